The second-order valence-corrected chi connectivity index (χ2v) is 3.77. The Morgan fingerprint density at radius 3 is 2.08 bits per heavy atom. The van der Waals surface area contributed by atoms with Gasteiger partial charge in [-0.15, -0.1) is 0 Å². The van der Waals surface area contributed by atoms with Crippen molar-refractivity contribution in [1.82, 2.24) is 0 Å². The zero-order valence-corrected chi connectivity index (χ0v) is 7.90. The molecular weight excluding hydrogens is 156 g/mol. The van der Waals surface area contributed by atoms with Crippen LogP contribution in [0.5, 0.6) is 0 Å². The Hall–Kier alpha value is -0.120. The third-order valence-electron chi connectivity index (χ3n) is 2.46. The van der Waals surface area contributed by atoms with E-state index in [9.17, 15) is 10.2 Å². The minimum atomic E-state index is -0.713. The highest BCUT2D eigenvalue weighted by Gasteiger charge is 2.42. The highest BCUT2D eigenvalue weighted by atomic mass is 16.5. The van der Waals surface area contributed by atoms with Crippen molar-refractivity contribution in [3.63, 3.8) is 0 Å². The molecule has 0 unspecified atom stereocenters. The third-order valence-corrected chi connectivity index (χ3v) is 2.46. The average molecular weight is 174 g/mol. The lowest BCUT2D eigenvalue weighted by atomic mass is 9.99. The molecule has 72 valence electrons. The number of hydrogen-bond acceptors (Lipinski definition) is 3. The van der Waals surface area contributed by atoms with Gasteiger partial charge in [-0.1, -0.05) is 20.8 Å². The summed E-state index contributed by atoms with van der Waals surface area (Å²) < 4.78 is 5.50. The predicted molar refractivity (Wildman–Crippen MR) is 45.8 cm³/mol. The lowest BCUT2D eigenvalue weighted by Gasteiger charge is -2.17. The smallest absolute Gasteiger partial charge is 0.109 e. The summed E-state index contributed by atoms with van der Waals surface area (Å²) in [5.74, 6) is 0.256. The zero-order chi connectivity index (χ0) is 9.30. The Morgan fingerprint density at radius 1 is 1.25 bits per heavy atom. The maximum atomic E-state index is 9.55. The summed E-state index contributed by atoms with van der Waals surface area (Å²) in [6.45, 7) is 5.92. The van der Waals surface area contributed by atoms with Gasteiger partial charge in [0.1, 0.15) is 12.2 Å². The average Bonchev–Trinajstić information content (AvgIpc) is 2.30. The van der Waals surface area contributed by atoms with Crippen LogP contribution in [-0.4, -0.2) is 34.6 Å². The summed E-state index contributed by atoms with van der Waals surface area (Å²) in [5.41, 5.74) is 0. The minimum Gasteiger partial charge on any atom is -0.388 e. The van der Waals surface area contributed by atoms with Crippen LogP contribution in [0.25, 0.3) is 0 Å². The summed E-state index contributed by atoms with van der Waals surface area (Å²) in [6.07, 6.45) is -1.06. The molecule has 0 saturated carbocycles. The van der Waals surface area contributed by atoms with Gasteiger partial charge in [0.2, 0.25) is 0 Å². The van der Waals surface area contributed by atoms with E-state index in [1.165, 1.54) is 0 Å². The van der Waals surface area contributed by atoms with E-state index in [0.29, 0.717) is 0 Å². The van der Waals surface area contributed by atoms with Gasteiger partial charge in [-0.05, 0) is 12.3 Å². The van der Waals surface area contributed by atoms with E-state index in [4.69, 9.17) is 4.74 Å². The van der Waals surface area contributed by atoms with Gasteiger partial charge in [-0.2, -0.15) is 0 Å². The number of hydrogen-bond donors (Lipinski definition) is 2. The van der Waals surface area contributed by atoms with Crippen molar-refractivity contribution in [3.05, 3.63) is 0 Å². The maximum absolute atomic E-state index is 9.55. The number of aliphatic hydroxyl groups excluding tert-OH is 2. The Kier molecular flexibility index (Phi) is 3.09. The van der Waals surface area contributed by atoms with Crippen LogP contribution < -0.4 is 0 Å². The number of aliphatic hydroxyl groups is 2. The van der Waals surface area contributed by atoms with Crippen molar-refractivity contribution in [1.29, 1.82) is 0 Å². The van der Waals surface area contributed by atoms with Crippen molar-refractivity contribution in [2.24, 2.45) is 5.92 Å². The van der Waals surface area contributed by atoms with Crippen LogP contribution in [0.1, 0.15) is 27.2 Å². The van der Waals surface area contributed by atoms with E-state index in [1.807, 2.05) is 20.8 Å². The summed E-state index contributed by atoms with van der Waals surface area (Å²) in [7, 11) is 0. The van der Waals surface area contributed by atoms with Crippen LogP contribution in [-0.2, 0) is 4.74 Å². The Morgan fingerprint density at radius 2 is 1.83 bits per heavy atom. The fourth-order valence-corrected chi connectivity index (χ4v) is 1.67. The van der Waals surface area contributed by atoms with E-state index in [1.54, 1.807) is 0 Å². The molecule has 2 N–H and O–H groups in total. The molecule has 0 aromatic carbocycles. The van der Waals surface area contributed by atoms with Crippen LogP contribution in [0.4, 0.5) is 0 Å². The van der Waals surface area contributed by atoms with Crippen LogP contribution in [0.3, 0.4) is 0 Å². The molecule has 0 aromatic rings. The first kappa shape index (κ1) is 9.96. The molecule has 0 radical (unpaired) electrons. The molecule has 1 fully saturated rings. The topological polar surface area (TPSA) is 49.7 Å². The normalized spacial score (nSPS) is 42.5. The monoisotopic (exact) mass is 174 g/mol. The van der Waals surface area contributed by atoms with Crippen LogP contribution in [0, 0.1) is 5.92 Å². The van der Waals surface area contributed by atoms with E-state index in [0.717, 1.165) is 6.42 Å². The molecule has 0 aromatic heterocycles. The van der Waals surface area contributed by atoms with Crippen LogP contribution in [0.15, 0.2) is 0 Å². The summed E-state index contributed by atoms with van der Waals surface area (Å²) in [6, 6.07) is 0. The predicted octanol–water partition coefficient (Wildman–Crippen LogP) is 0.542. The number of ether oxygens (including phenoxy) is 1. The molecule has 0 bridgehead atoms. The maximum Gasteiger partial charge on any atom is 0.109 e. The van der Waals surface area contributed by atoms with E-state index < -0.39 is 12.2 Å². The molecule has 1 rings (SSSR count). The highest BCUT2D eigenvalue weighted by molar-refractivity contribution is 4.91. The van der Waals surface area contributed by atoms with E-state index in [2.05, 4.69) is 0 Å². The van der Waals surface area contributed by atoms with Crippen molar-refractivity contribution < 1.29 is 14.9 Å². The Labute approximate surface area is 73.4 Å². The molecule has 1 aliphatic rings. The standard InChI is InChI=1S/C9H18O3/c1-4-6-7(10)8(11)9(12-6)5(2)3/h5-11H,4H2,1-3H3/t6-,7-,8-,9+/m1/s1. The minimum absolute atomic E-state index is 0.188. The summed E-state index contributed by atoms with van der Waals surface area (Å²) in [4.78, 5) is 0. The zero-order valence-electron chi connectivity index (χ0n) is 7.90. The van der Waals surface area contributed by atoms with Gasteiger partial charge in [0.05, 0.1) is 12.2 Å². The SMILES string of the molecule is CC[C@H]1O[C@@H](C(C)C)[C@H](O)[C@@H]1O. The molecule has 3 nitrogen and oxygen atoms in total. The Balaban J connectivity index is 2.60. The quantitative estimate of drug-likeness (QED) is 0.642. The summed E-state index contributed by atoms with van der Waals surface area (Å²) in [5, 5.41) is 19.1. The molecule has 1 saturated heterocycles. The molecule has 0 spiro atoms. The molecule has 0 amide bonds. The third kappa shape index (κ3) is 1.63. The van der Waals surface area contributed by atoms with Crippen molar-refractivity contribution >= 4 is 0 Å². The first-order chi connectivity index (χ1) is 5.57. The van der Waals surface area contributed by atoms with Crippen molar-refractivity contribution in [3.8, 4) is 0 Å². The lowest BCUT2D eigenvalue weighted by molar-refractivity contribution is -0.0177. The first-order valence-electron chi connectivity index (χ1n) is 4.59. The van der Waals surface area contributed by atoms with Gasteiger partial charge in [0, 0.05) is 0 Å². The van der Waals surface area contributed by atoms with Crippen molar-refractivity contribution in [2.45, 2.75) is 51.6 Å². The second-order valence-electron chi connectivity index (χ2n) is 3.77. The molecule has 1 aliphatic heterocycles. The van der Waals surface area contributed by atoms with Gasteiger partial charge in [-0.3, -0.25) is 0 Å². The second kappa shape index (κ2) is 3.73. The van der Waals surface area contributed by atoms with E-state index in [-0.39, 0.29) is 18.1 Å². The number of rotatable bonds is 2. The molecule has 12 heavy (non-hydrogen) atoms. The first-order valence-corrected chi connectivity index (χ1v) is 4.59. The highest BCUT2D eigenvalue weighted by Crippen LogP contribution is 2.27. The van der Waals surface area contributed by atoms with Gasteiger partial charge in [0.25, 0.3) is 0 Å². The van der Waals surface area contributed by atoms with E-state index >= 15 is 0 Å². The lowest BCUT2D eigenvalue weighted by Crippen LogP contribution is -2.34. The molecule has 1 heterocycles. The largest absolute Gasteiger partial charge is 0.388 e. The van der Waals surface area contributed by atoms with Gasteiger partial charge in [0.15, 0.2) is 0 Å². The van der Waals surface area contributed by atoms with Gasteiger partial charge in [-0.25, -0.2) is 0 Å². The summed E-state index contributed by atoms with van der Waals surface area (Å²) >= 11 is 0. The molecule has 0 aliphatic carbocycles. The van der Waals surface area contributed by atoms with Gasteiger partial charge < -0.3 is 14.9 Å². The molecule has 4 atom stereocenters. The molecule has 3 heteroatoms. The fraction of sp³-hybridized carbons (Fsp3) is 1.00. The van der Waals surface area contributed by atoms with Crippen molar-refractivity contribution in [2.75, 3.05) is 0 Å². The van der Waals surface area contributed by atoms with Gasteiger partial charge >= 0.3 is 0 Å². The fourth-order valence-electron chi connectivity index (χ4n) is 1.67. The van der Waals surface area contributed by atoms with Crippen LogP contribution in [0.2, 0.25) is 0 Å². The van der Waals surface area contributed by atoms with Crippen LogP contribution >= 0.6 is 0 Å². The molecular formula is C9H18O3. The Bertz CT molecular complexity index is 147.